The van der Waals surface area contributed by atoms with Crippen LogP contribution >= 0.6 is 0 Å². The van der Waals surface area contributed by atoms with Crippen LogP contribution in [-0.4, -0.2) is 0 Å². The van der Waals surface area contributed by atoms with Gasteiger partial charge in [0.25, 0.3) is 0 Å². The molecule has 0 aliphatic heterocycles. The summed E-state index contributed by atoms with van der Waals surface area (Å²) in [6.07, 6.45) is 30.8. The van der Waals surface area contributed by atoms with E-state index in [0.29, 0.717) is 5.92 Å². The van der Waals surface area contributed by atoms with Crippen LogP contribution in [0.15, 0.2) is 107 Å². The van der Waals surface area contributed by atoms with Gasteiger partial charge in [0.2, 0.25) is 0 Å². The summed E-state index contributed by atoms with van der Waals surface area (Å²) in [7, 11) is 0. The van der Waals surface area contributed by atoms with Crippen LogP contribution in [0.2, 0.25) is 0 Å². The first-order chi connectivity index (χ1) is 12.4. The lowest BCUT2D eigenvalue weighted by atomic mass is 9.82. The van der Waals surface area contributed by atoms with E-state index in [-0.39, 0.29) is 0 Å². The van der Waals surface area contributed by atoms with E-state index in [1.165, 1.54) is 27.9 Å². The van der Waals surface area contributed by atoms with Crippen LogP contribution in [0.3, 0.4) is 0 Å². The lowest BCUT2D eigenvalue weighted by Crippen LogP contribution is -2.08. The minimum absolute atomic E-state index is 0.526. The fourth-order valence-electron chi connectivity index (χ4n) is 3.60. The second-order valence-corrected chi connectivity index (χ2v) is 5.69. The van der Waals surface area contributed by atoms with Gasteiger partial charge in [0.15, 0.2) is 0 Å². The van der Waals surface area contributed by atoms with Crippen molar-refractivity contribution in [2.24, 2.45) is 5.92 Å². The first-order valence-electron chi connectivity index (χ1n) is 9.64. The third kappa shape index (κ3) is 4.02. The summed E-state index contributed by atoms with van der Waals surface area (Å²) in [5, 5.41) is 0. The Morgan fingerprint density at radius 3 is 2.28 bits per heavy atom. The summed E-state index contributed by atoms with van der Waals surface area (Å²) in [5.74, 6) is 0.526. The molecule has 0 saturated carbocycles. The van der Waals surface area contributed by atoms with Crippen molar-refractivity contribution in [2.75, 3.05) is 0 Å². The Labute approximate surface area is 153 Å². The molecule has 0 nitrogen and oxygen atoms in total. The molecule has 0 aromatic heterocycles. The Bertz CT molecular complexity index is 737. The van der Waals surface area contributed by atoms with Crippen molar-refractivity contribution in [3.63, 3.8) is 0 Å². The molecule has 0 heteroatoms. The monoisotopic (exact) mass is 330 g/mol. The van der Waals surface area contributed by atoms with E-state index in [1.807, 2.05) is 27.7 Å². The lowest BCUT2D eigenvalue weighted by molar-refractivity contribution is 0.750. The van der Waals surface area contributed by atoms with Crippen molar-refractivity contribution in [3.8, 4) is 0 Å². The van der Waals surface area contributed by atoms with Crippen LogP contribution in [0.1, 0.15) is 40.5 Å². The van der Waals surface area contributed by atoms with E-state index in [9.17, 15) is 0 Å². The smallest absolute Gasteiger partial charge is 0.0139 e. The van der Waals surface area contributed by atoms with Crippen molar-refractivity contribution in [1.82, 2.24) is 0 Å². The highest BCUT2D eigenvalue weighted by molar-refractivity contribution is 5.68. The zero-order chi connectivity index (χ0) is 18.1. The topological polar surface area (TPSA) is 0 Å². The zero-order valence-electron chi connectivity index (χ0n) is 16.0. The van der Waals surface area contributed by atoms with E-state index < -0.39 is 0 Å². The molecule has 0 N–H and O–H groups in total. The summed E-state index contributed by atoms with van der Waals surface area (Å²) in [6.45, 7) is 8.00. The maximum Gasteiger partial charge on any atom is 0.0139 e. The van der Waals surface area contributed by atoms with Crippen LogP contribution in [0.4, 0.5) is 0 Å². The van der Waals surface area contributed by atoms with Crippen molar-refractivity contribution >= 4 is 0 Å². The summed E-state index contributed by atoms with van der Waals surface area (Å²) in [5.41, 5.74) is 7.32. The summed E-state index contributed by atoms with van der Waals surface area (Å²) in [4.78, 5) is 0. The van der Waals surface area contributed by atoms with Gasteiger partial charge in [0.05, 0.1) is 0 Å². The number of rotatable bonds is 0. The van der Waals surface area contributed by atoms with Gasteiger partial charge in [0, 0.05) is 5.92 Å². The highest BCUT2D eigenvalue weighted by Crippen LogP contribution is 2.48. The molecule has 0 heterocycles. The molecule has 0 saturated heterocycles. The normalized spacial score (nSPS) is 29.4. The first-order valence-corrected chi connectivity index (χ1v) is 9.64. The molecule has 1 atom stereocenters. The molecule has 4 aliphatic carbocycles. The van der Waals surface area contributed by atoms with Gasteiger partial charge < -0.3 is 0 Å². The van der Waals surface area contributed by atoms with E-state index in [0.717, 1.165) is 12.8 Å². The molecule has 130 valence electrons. The Hall–Kier alpha value is -2.34. The average Bonchev–Trinajstić information content (AvgIpc) is 3.00. The van der Waals surface area contributed by atoms with E-state index in [4.69, 9.17) is 0 Å². The van der Waals surface area contributed by atoms with Gasteiger partial charge in [0.1, 0.15) is 0 Å². The van der Waals surface area contributed by atoms with Gasteiger partial charge in [-0.15, -0.1) is 0 Å². The van der Waals surface area contributed by atoms with Gasteiger partial charge >= 0.3 is 0 Å². The number of fused-ring (bicyclic) bond motifs is 2. The largest absolute Gasteiger partial charge is 0.0830 e. The molecule has 1 unspecified atom stereocenters. The van der Waals surface area contributed by atoms with E-state index in [2.05, 4.69) is 79.0 Å². The van der Waals surface area contributed by atoms with Crippen molar-refractivity contribution in [3.05, 3.63) is 107 Å². The van der Waals surface area contributed by atoms with Crippen LogP contribution in [-0.2, 0) is 0 Å². The second-order valence-electron chi connectivity index (χ2n) is 5.69. The maximum atomic E-state index is 2.32. The minimum atomic E-state index is 0.526. The van der Waals surface area contributed by atoms with Crippen molar-refractivity contribution < 1.29 is 0 Å². The van der Waals surface area contributed by atoms with Gasteiger partial charge in [-0.05, 0) is 40.7 Å². The highest BCUT2D eigenvalue weighted by Gasteiger charge is 2.33. The fraction of sp³-hybridized carbons (Fsp3) is 0.280. The molecule has 0 spiro atoms. The molecule has 0 bridgehead atoms. The molecule has 0 fully saturated rings. The molecule has 0 amide bonds. The lowest BCUT2D eigenvalue weighted by Gasteiger charge is -2.22. The summed E-state index contributed by atoms with van der Waals surface area (Å²) >= 11 is 0. The van der Waals surface area contributed by atoms with Crippen molar-refractivity contribution in [1.29, 1.82) is 0 Å². The van der Waals surface area contributed by atoms with Gasteiger partial charge in [-0.2, -0.15) is 0 Å². The Kier molecular flexibility index (Phi) is 7.47. The average molecular weight is 331 g/mol. The Balaban J connectivity index is 0.000000528. The molecule has 25 heavy (non-hydrogen) atoms. The summed E-state index contributed by atoms with van der Waals surface area (Å²) in [6, 6.07) is 0. The first kappa shape index (κ1) is 19.0. The molecular weight excluding hydrogens is 300 g/mol. The molecule has 4 aliphatic rings. The SMILES string of the molecule is C1=CCC2=C(/C=C\C=C/1)C1CC=C/C3=C/C=C\C=C/C2=C31.CC.CC. The van der Waals surface area contributed by atoms with Crippen LogP contribution in [0.25, 0.3) is 0 Å². The van der Waals surface area contributed by atoms with Gasteiger partial charge in [-0.25, -0.2) is 0 Å². The number of hydrogen-bond donors (Lipinski definition) is 0. The molecule has 0 aromatic carbocycles. The minimum Gasteiger partial charge on any atom is -0.0830 e. The molecule has 4 rings (SSSR count). The Morgan fingerprint density at radius 1 is 0.720 bits per heavy atom. The van der Waals surface area contributed by atoms with Crippen LogP contribution < -0.4 is 0 Å². The predicted octanol–water partition coefficient (Wildman–Crippen LogP) is 7.35. The molecular formula is C25H30. The highest BCUT2D eigenvalue weighted by atomic mass is 14.4. The second kappa shape index (κ2) is 9.84. The molecule has 0 radical (unpaired) electrons. The predicted molar refractivity (Wildman–Crippen MR) is 112 cm³/mol. The molecule has 0 aromatic rings. The Morgan fingerprint density at radius 2 is 1.44 bits per heavy atom. The van der Waals surface area contributed by atoms with Crippen LogP contribution in [0.5, 0.6) is 0 Å². The summed E-state index contributed by atoms with van der Waals surface area (Å²) < 4.78 is 0. The van der Waals surface area contributed by atoms with Gasteiger partial charge in [-0.3, -0.25) is 0 Å². The quantitative estimate of drug-likeness (QED) is 0.435. The number of allylic oxidation sites excluding steroid dienone is 18. The third-order valence-electron chi connectivity index (χ3n) is 4.50. The van der Waals surface area contributed by atoms with Crippen molar-refractivity contribution in [2.45, 2.75) is 40.5 Å². The van der Waals surface area contributed by atoms with Crippen LogP contribution in [0, 0.1) is 5.92 Å². The number of hydrogen-bond acceptors (Lipinski definition) is 0. The fourth-order valence-corrected chi connectivity index (χ4v) is 3.60. The standard InChI is InChI=1S/C21H18.2C2H6/c1-2-6-12-17-18(13-7-3-1)20-15-9-11-16-10-5-4-8-14-19(17)21(16)20;2*1-2/h1-11,13-14,20H,12,15H2;2*1-2H3/b3-1-,5-4-,6-2?,8-4?,10-5?,13-7-,14-8-,16-10-,19-14?;;. The third-order valence-corrected chi connectivity index (χ3v) is 4.50. The van der Waals surface area contributed by atoms with E-state index in [1.54, 1.807) is 0 Å². The van der Waals surface area contributed by atoms with E-state index >= 15 is 0 Å². The van der Waals surface area contributed by atoms with Gasteiger partial charge in [-0.1, -0.05) is 107 Å². The maximum absolute atomic E-state index is 2.32. The zero-order valence-corrected chi connectivity index (χ0v) is 16.0.